The molecule has 0 bridgehead atoms. The zero-order chi connectivity index (χ0) is 19.3. The van der Waals surface area contributed by atoms with E-state index in [4.69, 9.17) is 11.6 Å². The van der Waals surface area contributed by atoms with Crippen LogP contribution in [0.2, 0.25) is 5.02 Å². The lowest BCUT2D eigenvalue weighted by Crippen LogP contribution is -2.16. The first-order valence-electron chi connectivity index (χ1n) is 7.20. The Morgan fingerprint density at radius 2 is 2.08 bits per heavy atom. The molecule has 0 aromatic heterocycles. The van der Waals surface area contributed by atoms with Crippen LogP contribution in [0.1, 0.15) is 18.0 Å². The van der Waals surface area contributed by atoms with E-state index in [-0.39, 0.29) is 34.1 Å². The van der Waals surface area contributed by atoms with Gasteiger partial charge in [-0.3, -0.25) is 10.1 Å². The fraction of sp³-hybridized carbons (Fsp3) is 0.188. The highest BCUT2D eigenvalue weighted by molar-refractivity contribution is 9.10. The fourth-order valence-electron chi connectivity index (χ4n) is 2.37. The lowest BCUT2D eigenvalue weighted by atomic mass is 10.0. The fourth-order valence-corrected chi connectivity index (χ4v) is 3.17. The molecule has 0 unspecified atom stereocenters. The molecule has 2 rings (SSSR count). The molecule has 1 N–H and O–H groups in total. The van der Waals surface area contributed by atoms with E-state index in [2.05, 4.69) is 26.0 Å². The highest BCUT2D eigenvalue weighted by Gasteiger charge is 2.24. The van der Waals surface area contributed by atoms with Crippen molar-refractivity contribution in [1.29, 1.82) is 0 Å². The highest BCUT2D eigenvalue weighted by Crippen LogP contribution is 2.38. The number of ether oxygens (including phenoxy) is 1. The summed E-state index contributed by atoms with van der Waals surface area (Å²) in [5.41, 5.74) is 0.0101. The van der Waals surface area contributed by atoms with Gasteiger partial charge in [-0.05, 0) is 24.3 Å². The molecule has 0 amide bonds. The van der Waals surface area contributed by atoms with Crippen LogP contribution in [0, 0.1) is 10.1 Å². The minimum Gasteiger partial charge on any atom is -0.434 e. The molecule has 26 heavy (non-hydrogen) atoms. The van der Waals surface area contributed by atoms with Gasteiger partial charge in [0.2, 0.25) is 0 Å². The number of nitro benzene ring substituents is 1. The first kappa shape index (κ1) is 20.1. The number of hydrogen-bond donors (Lipinski definition) is 1. The van der Waals surface area contributed by atoms with Crippen molar-refractivity contribution in [3.8, 4) is 5.75 Å². The summed E-state index contributed by atoms with van der Waals surface area (Å²) in [6.07, 6.45) is 0.422. The predicted octanol–water partition coefficient (Wildman–Crippen LogP) is 5.35. The van der Waals surface area contributed by atoms with Gasteiger partial charge >= 0.3 is 6.61 Å². The summed E-state index contributed by atoms with van der Waals surface area (Å²) >= 11 is 9.14. The van der Waals surface area contributed by atoms with Gasteiger partial charge in [-0.1, -0.05) is 33.6 Å². The molecule has 0 fully saturated rings. The Hall–Kier alpha value is -2.26. The molecule has 0 spiro atoms. The summed E-state index contributed by atoms with van der Waals surface area (Å²) in [6.45, 7) is -3.07. The molecule has 0 aliphatic carbocycles. The molecular weight excluding hydrogens is 438 g/mol. The van der Waals surface area contributed by atoms with E-state index in [0.29, 0.717) is 10.8 Å². The van der Waals surface area contributed by atoms with Crippen LogP contribution < -0.4 is 10.1 Å². The maximum atomic E-state index is 12.7. The molecule has 6 nitrogen and oxygen atoms in total. The maximum Gasteiger partial charge on any atom is 0.387 e. The number of rotatable bonds is 8. The third-order valence-electron chi connectivity index (χ3n) is 3.39. The Morgan fingerprint density at radius 3 is 2.69 bits per heavy atom. The average Bonchev–Trinajstić information content (AvgIpc) is 2.54. The molecule has 0 radical (unpaired) electrons. The SMILES string of the molecule is O=CC[C@@H](Nc1cc(Cl)ccc1[N+](=O)[O-])c1c(Br)cccc1OC(F)F. The number of nitrogens with one attached hydrogen (secondary N) is 1. The van der Waals surface area contributed by atoms with Gasteiger partial charge in [-0.2, -0.15) is 8.78 Å². The van der Waals surface area contributed by atoms with Gasteiger partial charge in [0.05, 0.1) is 11.0 Å². The van der Waals surface area contributed by atoms with E-state index in [1.54, 1.807) is 6.07 Å². The van der Waals surface area contributed by atoms with Crippen molar-refractivity contribution in [3.63, 3.8) is 0 Å². The van der Waals surface area contributed by atoms with Crippen molar-refractivity contribution in [2.45, 2.75) is 19.1 Å². The summed E-state index contributed by atoms with van der Waals surface area (Å²) in [5, 5.41) is 14.3. The Balaban J connectivity index is 2.50. The second kappa shape index (κ2) is 8.91. The largest absolute Gasteiger partial charge is 0.434 e. The monoisotopic (exact) mass is 448 g/mol. The summed E-state index contributed by atoms with van der Waals surface area (Å²) in [5.74, 6) is -0.154. The van der Waals surface area contributed by atoms with Crippen LogP contribution in [0.5, 0.6) is 5.75 Å². The number of hydrogen-bond acceptors (Lipinski definition) is 5. The average molecular weight is 450 g/mol. The van der Waals surface area contributed by atoms with Crippen LogP contribution in [-0.4, -0.2) is 17.8 Å². The second-order valence-electron chi connectivity index (χ2n) is 5.05. The van der Waals surface area contributed by atoms with Gasteiger partial charge in [-0.25, -0.2) is 0 Å². The van der Waals surface area contributed by atoms with E-state index in [9.17, 15) is 23.7 Å². The summed E-state index contributed by atoms with van der Waals surface area (Å²) < 4.78 is 30.3. The zero-order valence-corrected chi connectivity index (χ0v) is 15.3. The number of carbonyl (C=O) groups is 1. The highest BCUT2D eigenvalue weighted by atomic mass is 79.9. The molecular formula is C16H12BrClF2N2O4. The van der Waals surface area contributed by atoms with Gasteiger partial charge in [0.25, 0.3) is 5.69 Å². The van der Waals surface area contributed by atoms with Crippen LogP contribution in [0.15, 0.2) is 40.9 Å². The molecule has 0 aliphatic heterocycles. The minimum atomic E-state index is -3.07. The summed E-state index contributed by atoms with van der Waals surface area (Å²) in [7, 11) is 0. The maximum absolute atomic E-state index is 12.7. The van der Waals surface area contributed by atoms with Gasteiger partial charge in [-0.15, -0.1) is 0 Å². The van der Waals surface area contributed by atoms with E-state index >= 15 is 0 Å². The molecule has 0 saturated carbocycles. The molecule has 0 aliphatic rings. The first-order chi connectivity index (χ1) is 12.3. The second-order valence-corrected chi connectivity index (χ2v) is 6.34. The van der Waals surface area contributed by atoms with Crippen molar-refractivity contribution in [1.82, 2.24) is 0 Å². The number of nitro groups is 1. The zero-order valence-electron chi connectivity index (χ0n) is 13.0. The van der Waals surface area contributed by atoms with Crippen molar-refractivity contribution >= 4 is 45.2 Å². The van der Waals surface area contributed by atoms with Crippen LogP contribution in [0.3, 0.4) is 0 Å². The van der Waals surface area contributed by atoms with Crippen LogP contribution >= 0.6 is 27.5 Å². The number of nitrogens with zero attached hydrogens (tertiary/aromatic N) is 1. The summed E-state index contributed by atoms with van der Waals surface area (Å²) in [6, 6.07) is 7.40. The Morgan fingerprint density at radius 1 is 1.35 bits per heavy atom. The minimum absolute atomic E-state index is 0.0492. The predicted molar refractivity (Wildman–Crippen MR) is 95.9 cm³/mol. The number of carbonyl (C=O) groups excluding carboxylic acids is 1. The Kier molecular flexibility index (Phi) is 6.87. The molecule has 138 valence electrons. The quantitative estimate of drug-likeness (QED) is 0.333. The first-order valence-corrected chi connectivity index (χ1v) is 8.38. The third kappa shape index (κ3) is 4.89. The summed E-state index contributed by atoms with van der Waals surface area (Å²) in [4.78, 5) is 21.7. The molecule has 0 heterocycles. The van der Waals surface area contributed by atoms with Crippen LogP contribution in [-0.2, 0) is 4.79 Å². The molecule has 0 saturated heterocycles. The Labute approximate surface area is 160 Å². The normalized spacial score (nSPS) is 11.9. The molecule has 2 aromatic carbocycles. The molecule has 10 heteroatoms. The van der Waals surface area contributed by atoms with Crippen LogP contribution in [0.4, 0.5) is 20.2 Å². The topological polar surface area (TPSA) is 81.5 Å². The molecule has 2 aromatic rings. The number of alkyl halides is 2. The number of halogens is 4. The van der Waals surface area contributed by atoms with Crippen molar-refractivity contribution < 1.29 is 23.2 Å². The van der Waals surface area contributed by atoms with E-state index in [1.165, 1.54) is 30.3 Å². The van der Waals surface area contributed by atoms with E-state index < -0.39 is 17.6 Å². The third-order valence-corrected chi connectivity index (χ3v) is 4.32. The van der Waals surface area contributed by atoms with Gasteiger partial charge in [0, 0.05) is 27.5 Å². The van der Waals surface area contributed by atoms with Crippen molar-refractivity contribution in [3.05, 3.63) is 61.6 Å². The number of benzene rings is 2. The molecule has 1 atom stereocenters. The lowest BCUT2D eigenvalue weighted by Gasteiger charge is -2.22. The smallest absolute Gasteiger partial charge is 0.387 e. The van der Waals surface area contributed by atoms with Crippen molar-refractivity contribution in [2.75, 3.05) is 5.32 Å². The van der Waals surface area contributed by atoms with Gasteiger partial charge < -0.3 is 14.8 Å². The number of aldehydes is 1. The standard InChI is InChI=1S/C16H12BrClF2N2O4/c17-10-2-1-3-14(26-16(19)20)15(10)11(6-7-23)21-12-8-9(18)4-5-13(12)22(24)25/h1-5,7-8,11,16,21H,6H2/t11-/m1/s1. The van der Waals surface area contributed by atoms with Gasteiger partial charge in [0.1, 0.15) is 17.7 Å². The van der Waals surface area contributed by atoms with Gasteiger partial charge in [0.15, 0.2) is 0 Å². The number of anilines is 1. The van der Waals surface area contributed by atoms with Crippen molar-refractivity contribution in [2.24, 2.45) is 0 Å². The Bertz CT molecular complexity index is 823. The van der Waals surface area contributed by atoms with E-state index in [1.807, 2.05) is 0 Å². The lowest BCUT2D eigenvalue weighted by molar-refractivity contribution is -0.384. The van der Waals surface area contributed by atoms with Crippen LogP contribution in [0.25, 0.3) is 0 Å². The van der Waals surface area contributed by atoms with E-state index in [0.717, 1.165) is 0 Å².